The molecule has 1 aliphatic carbocycles. The van der Waals surface area contributed by atoms with Crippen LogP contribution in [0.3, 0.4) is 0 Å². The summed E-state index contributed by atoms with van der Waals surface area (Å²) in [5, 5.41) is 33.1. The zero-order valence-corrected chi connectivity index (χ0v) is 15.5. The average molecular weight is 398 g/mol. The third-order valence-electron chi connectivity index (χ3n) is 5.62. The van der Waals surface area contributed by atoms with Crippen LogP contribution in [0.4, 0.5) is 11.8 Å². The predicted octanol–water partition coefficient (Wildman–Crippen LogP) is -0.401. The monoisotopic (exact) mass is 398 g/mol. The van der Waals surface area contributed by atoms with Crippen molar-refractivity contribution in [3.63, 3.8) is 0 Å². The molecule has 0 spiro atoms. The number of aliphatic hydroxyl groups is 3. The summed E-state index contributed by atoms with van der Waals surface area (Å²) in [4.78, 5) is 13.0. The minimum Gasteiger partial charge on any atom is -0.394 e. The Bertz CT molecular complexity index is 1030. The molecule has 2 aliphatic rings. The summed E-state index contributed by atoms with van der Waals surface area (Å²) in [6, 6.07) is 8.47. The lowest BCUT2D eigenvalue weighted by molar-refractivity contribution is -0.0511. The first-order chi connectivity index (χ1) is 14.0. The standard InChI is InChI=1S/C19H22N6O4/c20-19-23-16(22-11-5-9-3-1-2-4-10(9)6-11)13-17(24-19)25(8-21-13)18-15(28)14(27)12(7-26)29-18/h1-4,8,11-12,14-15,18,26-28H,5-7H2,(H3,20,22,23,24)/t12-,14-,15-,18-/m1/s1. The van der Waals surface area contributed by atoms with Gasteiger partial charge >= 0.3 is 0 Å². The van der Waals surface area contributed by atoms with Crippen LogP contribution in [-0.2, 0) is 17.6 Å². The van der Waals surface area contributed by atoms with Crippen molar-refractivity contribution in [3.05, 3.63) is 41.7 Å². The van der Waals surface area contributed by atoms with Crippen LogP contribution in [0, 0.1) is 0 Å². The average Bonchev–Trinajstić information content (AvgIpc) is 3.38. The minimum absolute atomic E-state index is 0.0593. The summed E-state index contributed by atoms with van der Waals surface area (Å²) in [6.45, 7) is -0.409. The molecule has 0 saturated carbocycles. The number of fused-ring (bicyclic) bond motifs is 2. The first-order valence-electron chi connectivity index (χ1n) is 9.51. The highest BCUT2D eigenvalue weighted by Crippen LogP contribution is 2.33. The molecule has 5 rings (SSSR count). The fourth-order valence-corrected chi connectivity index (χ4v) is 4.18. The van der Waals surface area contributed by atoms with Gasteiger partial charge in [-0.05, 0) is 24.0 Å². The number of hydrogen-bond donors (Lipinski definition) is 5. The van der Waals surface area contributed by atoms with E-state index in [-0.39, 0.29) is 12.0 Å². The van der Waals surface area contributed by atoms with E-state index in [9.17, 15) is 15.3 Å². The van der Waals surface area contributed by atoms with Gasteiger partial charge in [-0.25, -0.2) is 4.98 Å². The van der Waals surface area contributed by atoms with Gasteiger partial charge in [0.1, 0.15) is 18.3 Å². The van der Waals surface area contributed by atoms with Gasteiger partial charge in [-0.1, -0.05) is 24.3 Å². The molecule has 1 saturated heterocycles. The van der Waals surface area contributed by atoms with Gasteiger partial charge < -0.3 is 31.1 Å². The molecule has 6 N–H and O–H groups in total. The van der Waals surface area contributed by atoms with Gasteiger partial charge in [0.15, 0.2) is 23.2 Å². The molecule has 1 aromatic carbocycles. The highest BCUT2D eigenvalue weighted by atomic mass is 16.6. The fourth-order valence-electron chi connectivity index (χ4n) is 4.18. The molecule has 0 amide bonds. The van der Waals surface area contributed by atoms with Gasteiger partial charge in [0, 0.05) is 6.04 Å². The van der Waals surface area contributed by atoms with Crippen LogP contribution in [0.25, 0.3) is 11.2 Å². The van der Waals surface area contributed by atoms with E-state index in [1.54, 1.807) is 0 Å². The Morgan fingerprint density at radius 3 is 2.52 bits per heavy atom. The summed E-state index contributed by atoms with van der Waals surface area (Å²) >= 11 is 0. The molecular formula is C19H22N6O4. The summed E-state index contributed by atoms with van der Waals surface area (Å²) in [5.74, 6) is 0.569. The number of ether oxygens (including phenoxy) is 1. The molecule has 1 fully saturated rings. The maximum absolute atomic E-state index is 10.3. The molecule has 10 heteroatoms. The van der Waals surface area contributed by atoms with Crippen molar-refractivity contribution in [1.29, 1.82) is 0 Å². The van der Waals surface area contributed by atoms with E-state index in [1.165, 1.54) is 22.0 Å². The van der Waals surface area contributed by atoms with Gasteiger partial charge in [0.2, 0.25) is 5.95 Å². The van der Waals surface area contributed by atoms with E-state index in [2.05, 4.69) is 32.4 Å². The van der Waals surface area contributed by atoms with E-state index in [0.717, 1.165) is 12.8 Å². The van der Waals surface area contributed by atoms with Crippen LogP contribution in [-0.4, -0.2) is 65.8 Å². The summed E-state index contributed by atoms with van der Waals surface area (Å²) in [6.07, 6.45) is -1.06. The number of imidazole rings is 1. The number of nitrogens with zero attached hydrogens (tertiary/aromatic N) is 4. The van der Waals surface area contributed by atoms with Crippen LogP contribution in [0.5, 0.6) is 0 Å². The lowest BCUT2D eigenvalue weighted by Crippen LogP contribution is -2.33. The molecule has 10 nitrogen and oxygen atoms in total. The Hall–Kier alpha value is -2.79. The molecule has 2 aromatic heterocycles. The molecule has 3 aromatic rings. The number of benzene rings is 1. The second-order valence-electron chi connectivity index (χ2n) is 7.50. The van der Waals surface area contributed by atoms with Crippen LogP contribution in [0.15, 0.2) is 30.6 Å². The maximum Gasteiger partial charge on any atom is 0.224 e. The van der Waals surface area contributed by atoms with Crippen LogP contribution in [0.2, 0.25) is 0 Å². The van der Waals surface area contributed by atoms with Crippen LogP contribution in [0.1, 0.15) is 17.4 Å². The summed E-state index contributed by atoms with van der Waals surface area (Å²) in [5.41, 5.74) is 9.41. The molecule has 152 valence electrons. The quantitative estimate of drug-likeness (QED) is 0.395. The molecular weight excluding hydrogens is 376 g/mol. The Morgan fingerprint density at radius 1 is 1.14 bits per heavy atom. The number of aliphatic hydroxyl groups excluding tert-OH is 3. The van der Waals surface area contributed by atoms with E-state index in [1.807, 2.05) is 12.1 Å². The Labute approximate surface area is 166 Å². The SMILES string of the molecule is Nc1nc(NC2Cc3ccccc3C2)c2ncn([C@@H]3O[C@H](CO)[C@@H](O)[C@H]3O)c2n1. The van der Waals surface area contributed by atoms with Gasteiger partial charge in [-0.15, -0.1) is 0 Å². The third kappa shape index (κ3) is 3.01. The van der Waals surface area contributed by atoms with Gasteiger partial charge in [-0.2, -0.15) is 9.97 Å². The fraction of sp³-hybridized carbons (Fsp3) is 0.421. The lowest BCUT2D eigenvalue weighted by atomic mass is 10.1. The summed E-state index contributed by atoms with van der Waals surface area (Å²) < 4.78 is 7.10. The Kier molecular flexibility index (Phi) is 4.36. The van der Waals surface area contributed by atoms with Crippen molar-refractivity contribution in [3.8, 4) is 0 Å². The second-order valence-corrected chi connectivity index (χ2v) is 7.50. The maximum atomic E-state index is 10.3. The zero-order chi connectivity index (χ0) is 20.1. The first-order valence-corrected chi connectivity index (χ1v) is 9.51. The third-order valence-corrected chi connectivity index (χ3v) is 5.62. The van der Waals surface area contributed by atoms with Crippen molar-refractivity contribution in [2.24, 2.45) is 0 Å². The number of nitrogens with one attached hydrogen (secondary N) is 1. The van der Waals surface area contributed by atoms with Crippen LogP contribution < -0.4 is 11.1 Å². The highest BCUT2D eigenvalue weighted by Gasteiger charge is 2.44. The molecule has 0 unspecified atom stereocenters. The molecule has 4 atom stereocenters. The summed E-state index contributed by atoms with van der Waals surface area (Å²) in [7, 11) is 0. The van der Waals surface area contributed by atoms with Gasteiger partial charge in [0.05, 0.1) is 12.9 Å². The first kappa shape index (κ1) is 18.3. The number of aromatic nitrogens is 4. The van der Waals surface area contributed by atoms with Gasteiger partial charge in [0.25, 0.3) is 0 Å². The number of nitrogen functional groups attached to an aromatic ring is 1. The number of anilines is 2. The number of hydrogen-bond acceptors (Lipinski definition) is 9. The van der Waals surface area contributed by atoms with E-state index >= 15 is 0 Å². The molecule has 0 bridgehead atoms. The topological polar surface area (TPSA) is 152 Å². The molecule has 1 aliphatic heterocycles. The zero-order valence-electron chi connectivity index (χ0n) is 15.5. The highest BCUT2D eigenvalue weighted by molar-refractivity contribution is 5.84. The molecule has 3 heterocycles. The van der Waals surface area contributed by atoms with Crippen molar-refractivity contribution in [1.82, 2.24) is 19.5 Å². The largest absolute Gasteiger partial charge is 0.394 e. The molecule has 0 radical (unpaired) electrons. The van der Waals surface area contributed by atoms with E-state index in [4.69, 9.17) is 10.5 Å². The minimum atomic E-state index is -1.23. The number of nitrogens with two attached hydrogens (primary N) is 1. The Morgan fingerprint density at radius 2 is 1.86 bits per heavy atom. The normalized spacial score (nSPS) is 26.9. The van der Waals surface area contributed by atoms with Crippen molar-refractivity contribution in [2.75, 3.05) is 17.7 Å². The smallest absolute Gasteiger partial charge is 0.224 e. The molecule has 29 heavy (non-hydrogen) atoms. The Balaban J connectivity index is 1.46. The number of rotatable bonds is 4. The van der Waals surface area contributed by atoms with Crippen LogP contribution >= 0.6 is 0 Å². The van der Waals surface area contributed by atoms with E-state index < -0.39 is 31.1 Å². The predicted molar refractivity (Wildman–Crippen MR) is 104 cm³/mol. The lowest BCUT2D eigenvalue weighted by Gasteiger charge is -2.17. The van der Waals surface area contributed by atoms with E-state index in [0.29, 0.717) is 17.0 Å². The van der Waals surface area contributed by atoms with Gasteiger partial charge in [-0.3, -0.25) is 4.57 Å². The second kappa shape index (κ2) is 6.92. The van der Waals surface area contributed by atoms with Crippen molar-refractivity contribution < 1.29 is 20.1 Å². The van der Waals surface area contributed by atoms with Crippen molar-refractivity contribution in [2.45, 2.75) is 43.4 Å². The van der Waals surface area contributed by atoms with Crippen molar-refractivity contribution >= 4 is 22.9 Å².